The van der Waals surface area contributed by atoms with Crippen molar-refractivity contribution in [1.29, 1.82) is 0 Å². The van der Waals surface area contributed by atoms with Crippen LogP contribution in [0.2, 0.25) is 0 Å². The predicted octanol–water partition coefficient (Wildman–Crippen LogP) is 2.68. The van der Waals surface area contributed by atoms with Crippen molar-refractivity contribution in [1.82, 2.24) is 10.3 Å². The van der Waals surface area contributed by atoms with Crippen molar-refractivity contribution in [3.05, 3.63) is 89.7 Å². The zero-order chi connectivity index (χ0) is 20.6. The summed E-state index contributed by atoms with van der Waals surface area (Å²) in [6, 6.07) is 18.1. The number of hydrogen-bond acceptors (Lipinski definition) is 4. The first-order valence-electron chi connectivity index (χ1n) is 9.38. The maximum atomic E-state index is 12.3. The highest BCUT2D eigenvalue weighted by Crippen LogP contribution is 2.18. The van der Waals surface area contributed by atoms with Crippen molar-refractivity contribution in [2.75, 3.05) is 6.54 Å². The van der Waals surface area contributed by atoms with E-state index in [1.165, 1.54) is 0 Å². The number of carbonyl (C=O) groups excluding carboxylic acids is 1. The van der Waals surface area contributed by atoms with Gasteiger partial charge >= 0.3 is 5.97 Å². The molecule has 29 heavy (non-hydrogen) atoms. The number of nitrogens with one attached hydrogen (secondary N) is 1. The molecule has 1 aromatic heterocycles. The Labute approximate surface area is 169 Å². The quantitative estimate of drug-likeness (QED) is 0.549. The lowest BCUT2D eigenvalue weighted by Crippen LogP contribution is -2.32. The number of hydrogen-bond donors (Lipinski definition) is 3. The van der Waals surface area contributed by atoms with Crippen LogP contribution in [0, 0.1) is 0 Å². The molecule has 1 amide bonds. The van der Waals surface area contributed by atoms with Crippen LogP contribution in [-0.2, 0) is 17.6 Å². The van der Waals surface area contributed by atoms with Gasteiger partial charge in [-0.15, -0.1) is 0 Å². The molecule has 0 aliphatic heterocycles. The smallest absolute Gasteiger partial charge is 0.320 e. The lowest BCUT2D eigenvalue weighted by Gasteiger charge is -2.09. The molecular weight excluding hydrogens is 366 g/mol. The van der Waals surface area contributed by atoms with E-state index in [4.69, 9.17) is 10.8 Å². The normalized spacial score (nSPS) is 11.6. The molecule has 0 aliphatic carbocycles. The minimum absolute atomic E-state index is 0.160. The highest BCUT2D eigenvalue weighted by Gasteiger charge is 2.12. The van der Waals surface area contributed by atoms with Gasteiger partial charge in [0.05, 0.1) is 0 Å². The molecule has 6 heteroatoms. The first-order chi connectivity index (χ1) is 14.0. The van der Waals surface area contributed by atoms with E-state index in [-0.39, 0.29) is 12.3 Å². The molecule has 4 N–H and O–H groups in total. The second-order valence-electron chi connectivity index (χ2n) is 6.78. The molecule has 0 bridgehead atoms. The molecule has 1 atom stereocenters. The number of rotatable bonds is 8. The Hall–Kier alpha value is -3.51. The summed E-state index contributed by atoms with van der Waals surface area (Å²) in [5.74, 6) is -1.20. The van der Waals surface area contributed by atoms with Gasteiger partial charge in [0.15, 0.2) is 0 Å². The van der Waals surface area contributed by atoms with Crippen LogP contribution in [0.15, 0.2) is 73.1 Å². The standard InChI is InChI=1S/C23H23N3O3/c24-21(23(28)29)15-17-3-7-20(8-4-17)22(27)26-14-9-16-1-5-18(6-2-16)19-10-12-25-13-11-19/h1-8,10-13,21H,9,14-15,24H2,(H,26,27)(H,28,29)/t21-/m0/s1. The van der Waals surface area contributed by atoms with Gasteiger partial charge in [0.25, 0.3) is 5.91 Å². The fourth-order valence-electron chi connectivity index (χ4n) is 2.96. The number of aliphatic carboxylic acids is 1. The van der Waals surface area contributed by atoms with Crippen molar-refractivity contribution < 1.29 is 14.7 Å². The van der Waals surface area contributed by atoms with Crippen LogP contribution in [0.5, 0.6) is 0 Å². The molecule has 0 fully saturated rings. The second kappa shape index (κ2) is 9.61. The average molecular weight is 389 g/mol. The van der Waals surface area contributed by atoms with Crippen LogP contribution in [-0.4, -0.2) is 34.6 Å². The van der Waals surface area contributed by atoms with E-state index in [0.717, 1.165) is 28.7 Å². The number of nitrogens with zero attached hydrogens (tertiary/aromatic N) is 1. The summed E-state index contributed by atoms with van der Waals surface area (Å²) in [5, 5.41) is 11.8. The molecule has 0 spiro atoms. The molecule has 1 heterocycles. The van der Waals surface area contributed by atoms with Crippen LogP contribution in [0.1, 0.15) is 21.5 Å². The van der Waals surface area contributed by atoms with Gasteiger partial charge < -0.3 is 16.2 Å². The van der Waals surface area contributed by atoms with Gasteiger partial charge in [-0.05, 0) is 59.4 Å². The first-order valence-corrected chi connectivity index (χ1v) is 9.38. The Morgan fingerprint density at radius 1 is 0.897 bits per heavy atom. The second-order valence-corrected chi connectivity index (χ2v) is 6.78. The van der Waals surface area contributed by atoms with Crippen LogP contribution < -0.4 is 11.1 Å². The van der Waals surface area contributed by atoms with Gasteiger partial charge in [0, 0.05) is 24.5 Å². The largest absolute Gasteiger partial charge is 0.480 e. The van der Waals surface area contributed by atoms with Gasteiger partial charge in [-0.2, -0.15) is 0 Å². The number of amides is 1. The molecular formula is C23H23N3O3. The minimum atomic E-state index is -1.04. The lowest BCUT2D eigenvalue weighted by molar-refractivity contribution is -0.138. The Morgan fingerprint density at radius 2 is 1.48 bits per heavy atom. The number of carbonyl (C=O) groups is 2. The van der Waals surface area contributed by atoms with E-state index in [9.17, 15) is 9.59 Å². The van der Waals surface area contributed by atoms with E-state index >= 15 is 0 Å². The highest BCUT2D eigenvalue weighted by atomic mass is 16.4. The average Bonchev–Trinajstić information content (AvgIpc) is 2.75. The Morgan fingerprint density at radius 3 is 2.10 bits per heavy atom. The predicted molar refractivity (Wildman–Crippen MR) is 111 cm³/mol. The van der Waals surface area contributed by atoms with Crippen molar-refractivity contribution in [3.63, 3.8) is 0 Å². The van der Waals surface area contributed by atoms with E-state index in [0.29, 0.717) is 12.1 Å². The number of nitrogens with two attached hydrogens (primary N) is 1. The van der Waals surface area contributed by atoms with E-state index in [2.05, 4.69) is 34.6 Å². The van der Waals surface area contributed by atoms with Crippen LogP contribution in [0.3, 0.4) is 0 Å². The van der Waals surface area contributed by atoms with Gasteiger partial charge in [-0.1, -0.05) is 36.4 Å². The summed E-state index contributed by atoms with van der Waals surface area (Å²) in [6.45, 7) is 0.527. The third-order valence-corrected chi connectivity index (χ3v) is 4.66. The Balaban J connectivity index is 1.49. The fourth-order valence-corrected chi connectivity index (χ4v) is 2.96. The highest BCUT2D eigenvalue weighted by molar-refractivity contribution is 5.94. The van der Waals surface area contributed by atoms with E-state index < -0.39 is 12.0 Å². The molecule has 3 aromatic rings. The van der Waals surface area contributed by atoms with Gasteiger partial charge in [0.1, 0.15) is 6.04 Å². The number of pyridine rings is 1. The molecule has 0 saturated carbocycles. The summed E-state index contributed by atoms with van der Waals surface area (Å²) in [7, 11) is 0. The summed E-state index contributed by atoms with van der Waals surface area (Å²) in [6.07, 6.45) is 4.50. The molecule has 0 unspecified atom stereocenters. The molecule has 3 rings (SSSR count). The fraction of sp³-hybridized carbons (Fsp3) is 0.174. The van der Waals surface area contributed by atoms with Crippen LogP contribution in [0.4, 0.5) is 0 Å². The monoisotopic (exact) mass is 389 g/mol. The summed E-state index contributed by atoms with van der Waals surface area (Å²) >= 11 is 0. The summed E-state index contributed by atoms with van der Waals surface area (Å²) < 4.78 is 0. The topological polar surface area (TPSA) is 105 Å². The zero-order valence-electron chi connectivity index (χ0n) is 15.9. The third kappa shape index (κ3) is 5.73. The van der Waals surface area contributed by atoms with Crippen LogP contribution in [0.25, 0.3) is 11.1 Å². The number of benzene rings is 2. The molecule has 148 valence electrons. The molecule has 0 saturated heterocycles. The summed E-state index contributed by atoms with van der Waals surface area (Å²) in [4.78, 5) is 27.1. The Kier molecular flexibility index (Phi) is 6.71. The summed E-state index contributed by atoms with van der Waals surface area (Å²) in [5.41, 5.74) is 10.2. The van der Waals surface area contributed by atoms with Crippen molar-refractivity contribution in [3.8, 4) is 11.1 Å². The Bertz CT molecular complexity index is 955. The maximum Gasteiger partial charge on any atom is 0.320 e. The van der Waals surface area contributed by atoms with Gasteiger partial charge in [-0.3, -0.25) is 14.6 Å². The van der Waals surface area contributed by atoms with Gasteiger partial charge in [0.2, 0.25) is 0 Å². The van der Waals surface area contributed by atoms with Crippen molar-refractivity contribution in [2.45, 2.75) is 18.9 Å². The van der Waals surface area contributed by atoms with E-state index in [1.807, 2.05) is 12.1 Å². The number of carboxylic acids is 1. The van der Waals surface area contributed by atoms with Gasteiger partial charge in [-0.25, -0.2) is 0 Å². The molecule has 0 aliphatic rings. The SMILES string of the molecule is N[C@@H](Cc1ccc(C(=O)NCCc2ccc(-c3ccncc3)cc2)cc1)C(=O)O. The van der Waals surface area contributed by atoms with Crippen molar-refractivity contribution in [2.24, 2.45) is 5.73 Å². The van der Waals surface area contributed by atoms with Crippen LogP contribution >= 0.6 is 0 Å². The number of aromatic nitrogens is 1. The molecule has 6 nitrogen and oxygen atoms in total. The zero-order valence-corrected chi connectivity index (χ0v) is 15.9. The third-order valence-electron chi connectivity index (χ3n) is 4.66. The molecule has 2 aromatic carbocycles. The molecule has 0 radical (unpaired) electrons. The number of carboxylic acid groups (broad SMARTS) is 1. The minimum Gasteiger partial charge on any atom is -0.480 e. The lowest BCUT2D eigenvalue weighted by atomic mass is 10.0. The maximum absolute atomic E-state index is 12.3. The van der Waals surface area contributed by atoms with Crippen molar-refractivity contribution >= 4 is 11.9 Å². The first kappa shape index (κ1) is 20.2. The van der Waals surface area contributed by atoms with E-state index in [1.54, 1.807) is 36.7 Å².